The van der Waals surface area contributed by atoms with Crippen LogP contribution in [0.1, 0.15) is 34.7 Å². The molecule has 26 heavy (non-hydrogen) atoms. The Bertz CT molecular complexity index is 968. The Kier molecular flexibility index (Phi) is 4.18. The van der Waals surface area contributed by atoms with Gasteiger partial charge in [0.1, 0.15) is 6.07 Å². The Morgan fingerprint density at radius 1 is 1.04 bits per heavy atom. The van der Waals surface area contributed by atoms with Gasteiger partial charge in [-0.3, -0.25) is 0 Å². The van der Waals surface area contributed by atoms with E-state index in [1.165, 1.54) is 11.1 Å². The molecule has 0 bridgehead atoms. The smallest absolute Gasteiger partial charge is 0.207 e. The van der Waals surface area contributed by atoms with Gasteiger partial charge in [-0.25, -0.2) is 0 Å². The number of nitriles is 1. The predicted molar refractivity (Wildman–Crippen MR) is 102 cm³/mol. The van der Waals surface area contributed by atoms with Crippen LogP contribution in [0.5, 0.6) is 0 Å². The van der Waals surface area contributed by atoms with Gasteiger partial charge in [-0.1, -0.05) is 42.5 Å². The maximum Gasteiger partial charge on any atom is 0.207 e. The van der Waals surface area contributed by atoms with Gasteiger partial charge in [-0.05, 0) is 43.0 Å². The SMILES string of the molecule is Cc1cccc(-n2nc(C#N)c(N3CCC(c4ccccc4)C3)n2)c1C. The van der Waals surface area contributed by atoms with Gasteiger partial charge < -0.3 is 4.90 Å². The first-order chi connectivity index (χ1) is 12.7. The molecule has 1 aromatic heterocycles. The van der Waals surface area contributed by atoms with E-state index in [9.17, 15) is 5.26 Å². The number of aromatic nitrogens is 3. The maximum atomic E-state index is 9.55. The van der Waals surface area contributed by atoms with E-state index < -0.39 is 0 Å². The quantitative estimate of drug-likeness (QED) is 0.727. The molecule has 1 aliphatic rings. The number of hydrogen-bond donors (Lipinski definition) is 0. The molecule has 1 fully saturated rings. The van der Waals surface area contributed by atoms with Gasteiger partial charge in [-0.15, -0.1) is 15.0 Å². The molecule has 0 spiro atoms. The van der Waals surface area contributed by atoms with Gasteiger partial charge >= 0.3 is 0 Å². The molecule has 0 aliphatic carbocycles. The second-order valence-corrected chi connectivity index (χ2v) is 6.83. The zero-order valence-electron chi connectivity index (χ0n) is 15.1. The monoisotopic (exact) mass is 343 g/mol. The van der Waals surface area contributed by atoms with Crippen LogP contribution in [-0.4, -0.2) is 28.1 Å². The van der Waals surface area contributed by atoms with Crippen molar-refractivity contribution in [3.8, 4) is 11.8 Å². The standard InChI is InChI=1S/C21H21N5/c1-15-7-6-10-20(16(15)2)26-23-19(13-22)21(24-26)25-12-11-18(14-25)17-8-4-3-5-9-17/h3-10,18H,11-12,14H2,1-2H3. The summed E-state index contributed by atoms with van der Waals surface area (Å²) in [5, 5.41) is 18.7. The molecule has 4 rings (SSSR count). The second kappa shape index (κ2) is 6.64. The first-order valence-electron chi connectivity index (χ1n) is 8.91. The van der Waals surface area contributed by atoms with Gasteiger partial charge in [0, 0.05) is 19.0 Å². The largest absolute Gasteiger partial charge is 0.352 e. The number of anilines is 1. The first kappa shape index (κ1) is 16.3. The third-order valence-corrected chi connectivity index (χ3v) is 5.25. The average molecular weight is 343 g/mol. The fourth-order valence-corrected chi connectivity index (χ4v) is 3.59. The zero-order chi connectivity index (χ0) is 18.1. The van der Waals surface area contributed by atoms with E-state index in [-0.39, 0.29) is 0 Å². The summed E-state index contributed by atoms with van der Waals surface area (Å²) < 4.78 is 0. The van der Waals surface area contributed by atoms with E-state index in [1.807, 2.05) is 18.2 Å². The van der Waals surface area contributed by atoms with Crippen molar-refractivity contribution in [2.75, 3.05) is 18.0 Å². The van der Waals surface area contributed by atoms with Crippen molar-refractivity contribution in [1.82, 2.24) is 15.0 Å². The summed E-state index contributed by atoms with van der Waals surface area (Å²) in [6.07, 6.45) is 1.06. The van der Waals surface area contributed by atoms with Crippen LogP contribution in [0, 0.1) is 25.2 Å². The van der Waals surface area contributed by atoms with Gasteiger partial charge in [0.2, 0.25) is 5.69 Å². The molecule has 2 aromatic carbocycles. The number of nitrogens with zero attached hydrogens (tertiary/aromatic N) is 5. The van der Waals surface area contributed by atoms with Gasteiger partial charge in [0.25, 0.3) is 0 Å². The molecule has 1 saturated heterocycles. The fraction of sp³-hybridized carbons (Fsp3) is 0.286. The average Bonchev–Trinajstić information content (AvgIpc) is 3.31. The molecular weight excluding hydrogens is 322 g/mol. The van der Waals surface area contributed by atoms with Crippen molar-refractivity contribution in [3.05, 3.63) is 70.9 Å². The van der Waals surface area contributed by atoms with E-state index in [2.05, 4.69) is 65.3 Å². The fourth-order valence-electron chi connectivity index (χ4n) is 3.59. The van der Waals surface area contributed by atoms with E-state index >= 15 is 0 Å². The molecule has 0 radical (unpaired) electrons. The van der Waals surface area contributed by atoms with Gasteiger partial charge in [-0.2, -0.15) is 5.26 Å². The lowest BCUT2D eigenvalue weighted by atomic mass is 9.99. The number of hydrogen-bond acceptors (Lipinski definition) is 4. The molecule has 3 aromatic rings. The van der Waals surface area contributed by atoms with Gasteiger partial charge in [0.15, 0.2) is 5.82 Å². The normalized spacial score (nSPS) is 16.7. The first-order valence-corrected chi connectivity index (χ1v) is 8.91. The third kappa shape index (κ3) is 2.84. The highest BCUT2D eigenvalue weighted by atomic mass is 15.5. The minimum absolute atomic E-state index is 0.389. The minimum Gasteiger partial charge on any atom is -0.352 e. The lowest BCUT2D eigenvalue weighted by Gasteiger charge is -2.15. The van der Waals surface area contributed by atoms with Crippen LogP contribution in [0.3, 0.4) is 0 Å². The van der Waals surface area contributed by atoms with E-state index in [1.54, 1.807) is 4.80 Å². The van der Waals surface area contributed by atoms with Crippen molar-refractivity contribution < 1.29 is 0 Å². The number of benzene rings is 2. The summed E-state index contributed by atoms with van der Waals surface area (Å²) in [5.41, 5.74) is 4.97. The summed E-state index contributed by atoms with van der Waals surface area (Å²) in [6, 6.07) is 18.8. The van der Waals surface area contributed by atoms with Crippen molar-refractivity contribution in [2.24, 2.45) is 0 Å². The molecule has 1 aliphatic heterocycles. The Morgan fingerprint density at radius 3 is 2.62 bits per heavy atom. The highest BCUT2D eigenvalue weighted by Crippen LogP contribution is 2.31. The molecule has 5 heteroatoms. The van der Waals surface area contributed by atoms with E-state index in [4.69, 9.17) is 0 Å². The molecule has 0 N–H and O–H groups in total. The van der Waals surface area contributed by atoms with Crippen molar-refractivity contribution in [2.45, 2.75) is 26.2 Å². The van der Waals surface area contributed by atoms with Crippen molar-refractivity contribution >= 4 is 5.82 Å². The second-order valence-electron chi connectivity index (χ2n) is 6.83. The van der Waals surface area contributed by atoms with Crippen molar-refractivity contribution in [3.63, 3.8) is 0 Å². The Balaban J connectivity index is 1.65. The van der Waals surface area contributed by atoms with Crippen LogP contribution in [0.2, 0.25) is 0 Å². The van der Waals surface area contributed by atoms with Crippen LogP contribution in [-0.2, 0) is 0 Å². The highest BCUT2D eigenvalue weighted by molar-refractivity contribution is 5.53. The lowest BCUT2D eigenvalue weighted by molar-refractivity contribution is 0.736. The van der Waals surface area contributed by atoms with Crippen LogP contribution < -0.4 is 4.90 Å². The summed E-state index contributed by atoms with van der Waals surface area (Å²) in [7, 11) is 0. The molecule has 5 nitrogen and oxygen atoms in total. The summed E-state index contributed by atoms with van der Waals surface area (Å²) in [6.45, 7) is 5.88. The maximum absolute atomic E-state index is 9.55. The summed E-state index contributed by atoms with van der Waals surface area (Å²) >= 11 is 0. The molecule has 0 amide bonds. The summed E-state index contributed by atoms with van der Waals surface area (Å²) in [5.74, 6) is 1.15. The molecular formula is C21H21N5. The third-order valence-electron chi connectivity index (χ3n) is 5.25. The number of rotatable bonds is 3. The van der Waals surface area contributed by atoms with Crippen LogP contribution >= 0.6 is 0 Å². The topological polar surface area (TPSA) is 57.7 Å². The Hall–Kier alpha value is -3.13. The van der Waals surface area contributed by atoms with E-state index in [0.29, 0.717) is 17.4 Å². The predicted octanol–water partition coefficient (Wildman–Crippen LogP) is 3.75. The van der Waals surface area contributed by atoms with Crippen molar-refractivity contribution in [1.29, 1.82) is 5.26 Å². The minimum atomic E-state index is 0.389. The van der Waals surface area contributed by atoms with Crippen LogP contribution in [0.25, 0.3) is 5.69 Å². The highest BCUT2D eigenvalue weighted by Gasteiger charge is 2.28. The lowest BCUT2D eigenvalue weighted by Crippen LogP contribution is -2.21. The molecule has 0 saturated carbocycles. The van der Waals surface area contributed by atoms with Gasteiger partial charge in [0.05, 0.1) is 5.69 Å². The Labute approximate surface area is 153 Å². The zero-order valence-corrected chi connectivity index (χ0v) is 15.1. The van der Waals surface area contributed by atoms with E-state index in [0.717, 1.165) is 30.8 Å². The van der Waals surface area contributed by atoms with Crippen LogP contribution in [0.4, 0.5) is 5.82 Å². The summed E-state index contributed by atoms with van der Waals surface area (Å²) in [4.78, 5) is 3.79. The molecule has 130 valence electrons. The number of aryl methyl sites for hydroxylation is 1. The molecule has 2 heterocycles. The molecule has 1 unspecified atom stereocenters. The Morgan fingerprint density at radius 2 is 1.85 bits per heavy atom. The van der Waals surface area contributed by atoms with Crippen LogP contribution in [0.15, 0.2) is 48.5 Å². The molecule has 1 atom stereocenters.